The third-order valence-corrected chi connectivity index (χ3v) is 6.76. The number of hydrazone groups is 1. The van der Waals surface area contributed by atoms with Crippen molar-refractivity contribution < 1.29 is 14.1 Å². The number of hydrogen-bond donors (Lipinski definition) is 1. The molecule has 2 aliphatic rings. The molecule has 4 aromatic rings. The van der Waals surface area contributed by atoms with Gasteiger partial charge in [-0.15, -0.1) is 0 Å². The van der Waals surface area contributed by atoms with Crippen LogP contribution in [0.15, 0.2) is 93.2 Å². The molecule has 0 unspecified atom stereocenters. The summed E-state index contributed by atoms with van der Waals surface area (Å²) in [5, 5.41) is 27.5. The number of carbonyl (C=O) groups is 1. The Morgan fingerprint density at radius 1 is 1.11 bits per heavy atom. The van der Waals surface area contributed by atoms with Gasteiger partial charge in [0.1, 0.15) is 0 Å². The Kier molecular flexibility index (Phi) is 5.11. The molecule has 1 amide bonds. The van der Waals surface area contributed by atoms with Gasteiger partial charge >= 0.3 is 0 Å². The summed E-state index contributed by atoms with van der Waals surface area (Å²) in [6, 6.07) is 17.7. The summed E-state index contributed by atoms with van der Waals surface area (Å²) >= 11 is 1.16. The normalized spacial score (nSPS) is 16.4. The Hall–Kier alpha value is -4.77. The van der Waals surface area contributed by atoms with Crippen LogP contribution >= 0.6 is 11.8 Å². The van der Waals surface area contributed by atoms with Crippen molar-refractivity contribution in [1.29, 1.82) is 5.41 Å². The van der Waals surface area contributed by atoms with Crippen molar-refractivity contribution in [2.45, 2.75) is 6.54 Å². The van der Waals surface area contributed by atoms with Crippen molar-refractivity contribution in [2.24, 2.45) is 10.1 Å². The quantitative estimate of drug-likeness (QED) is 0.239. The van der Waals surface area contributed by atoms with E-state index in [0.717, 1.165) is 22.7 Å². The Labute approximate surface area is 207 Å². The monoisotopic (exact) mass is 496 g/mol. The van der Waals surface area contributed by atoms with Crippen LogP contribution in [0, 0.1) is 15.5 Å². The van der Waals surface area contributed by atoms with Crippen molar-refractivity contribution in [3.8, 4) is 0 Å². The fourth-order valence-corrected chi connectivity index (χ4v) is 5.03. The molecule has 0 saturated carbocycles. The molecule has 0 bridgehead atoms. The third-order valence-electron chi connectivity index (χ3n) is 5.83. The summed E-state index contributed by atoms with van der Waals surface area (Å²) in [7, 11) is 0. The van der Waals surface area contributed by atoms with Crippen LogP contribution in [-0.4, -0.2) is 36.5 Å². The van der Waals surface area contributed by atoms with E-state index in [1.807, 2.05) is 35.0 Å². The van der Waals surface area contributed by atoms with Gasteiger partial charge in [0.15, 0.2) is 16.6 Å². The van der Waals surface area contributed by atoms with Crippen LogP contribution in [-0.2, 0) is 11.3 Å². The average Bonchev–Trinajstić information content (AvgIpc) is 3.62. The number of amides is 1. The van der Waals surface area contributed by atoms with Crippen LogP contribution in [0.5, 0.6) is 0 Å². The van der Waals surface area contributed by atoms with Gasteiger partial charge in [0.05, 0.1) is 23.3 Å². The van der Waals surface area contributed by atoms with Crippen molar-refractivity contribution in [1.82, 2.24) is 9.58 Å². The van der Waals surface area contributed by atoms with Crippen LogP contribution in [0.1, 0.15) is 16.9 Å². The fraction of sp³-hybridized carbons (Fsp3) is 0.0400. The number of rotatable bonds is 5. The predicted molar refractivity (Wildman–Crippen MR) is 137 cm³/mol. The van der Waals surface area contributed by atoms with E-state index in [0.29, 0.717) is 27.1 Å². The van der Waals surface area contributed by atoms with Gasteiger partial charge in [-0.3, -0.25) is 20.3 Å². The Balaban J connectivity index is 1.40. The number of nitro groups is 1. The van der Waals surface area contributed by atoms with Gasteiger partial charge in [0.25, 0.3) is 11.6 Å². The molecule has 0 saturated heterocycles. The van der Waals surface area contributed by atoms with Gasteiger partial charge in [-0.05, 0) is 36.0 Å². The number of para-hydroxylation sites is 2. The first-order chi connectivity index (χ1) is 17.5. The van der Waals surface area contributed by atoms with Crippen molar-refractivity contribution in [3.63, 3.8) is 0 Å². The number of nitrogens with one attached hydrogen (secondary N) is 1. The second kappa shape index (κ2) is 8.47. The maximum Gasteiger partial charge on any atom is 0.283 e. The summed E-state index contributed by atoms with van der Waals surface area (Å²) in [4.78, 5) is 28.1. The molecular formula is C25H16N6O4S. The number of aliphatic imine (C=N–C) groups is 1. The average molecular weight is 497 g/mol. The van der Waals surface area contributed by atoms with Crippen molar-refractivity contribution >= 4 is 56.4 Å². The molecule has 1 N–H and O–H groups in total. The minimum absolute atomic E-state index is 0.0399. The maximum atomic E-state index is 12.9. The molecule has 0 fully saturated rings. The van der Waals surface area contributed by atoms with E-state index in [2.05, 4.69) is 10.1 Å². The summed E-state index contributed by atoms with van der Waals surface area (Å²) in [6.45, 7) is 0.272. The first kappa shape index (κ1) is 21.7. The molecule has 176 valence electrons. The first-order valence-electron chi connectivity index (χ1n) is 10.8. The lowest BCUT2D eigenvalue weighted by molar-refractivity contribution is -0.385. The van der Waals surface area contributed by atoms with Crippen LogP contribution in [0.25, 0.3) is 17.0 Å². The first-order valence-corrected chi connectivity index (χ1v) is 11.7. The molecule has 0 aliphatic carbocycles. The fourth-order valence-electron chi connectivity index (χ4n) is 4.17. The molecule has 0 radical (unpaired) electrons. The third kappa shape index (κ3) is 3.62. The number of carbonyl (C=O) groups excluding carboxylic acids is 1. The van der Waals surface area contributed by atoms with Gasteiger partial charge in [-0.25, -0.2) is 0 Å². The number of thioether (sulfide) groups is 1. The minimum Gasteiger partial charge on any atom is -0.462 e. The van der Waals surface area contributed by atoms with E-state index in [1.165, 1.54) is 17.3 Å². The van der Waals surface area contributed by atoms with Gasteiger partial charge in [-0.1, -0.05) is 36.4 Å². The minimum atomic E-state index is -0.537. The highest BCUT2D eigenvalue weighted by molar-refractivity contribution is 8.27. The summed E-state index contributed by atoms with van der Waals surface area (Å²) in [5.74, 6) is -0.0966. The van der Waals surface area contributed by atoms with Gasteiger partial charge in [0, 0.05) is 34.3 Å². The number of furan rings is 1. The van der Waals surface area contributed by atoms with Gasteiger partial charge in [0.2, 0.25) is 5.17 Å². The zero-order valence-electron chi connectivity index (χ0n) is 18.5. The standard InChI is InChI=1S/C25H16N6O4S/c26-22-18(23(32)27-25-30(22)28-24(36-25)21-10-5-11-35-21)12-16-14-29(20-9-4-2-7-17(16)20)13-15-6-1-3-8-19(15)31(33)34/h1-12,14,26H,13H2/b18-12-,26-22?. The van der Waals surface area contributed by atoms with Gasteiger partial charge in [-0.2, -0.15) is 15.1 Å². The van der Waals surface area contributed by atoms with Crippen molar-refractivity contribution in [3.05, 3.63) is 106 Å². The Morgan fingerprint density at radius 3 is 2.72 bits per heavy atom. The second-order valence-electron chi connectivity index (χ2n) is 8.02. The lowest BCUT2D eigenvalue weighted by atomic mass is 10.1. The number of amidine groups is 2. The summed E-state index contributed by atoms with van der Waals surface area (Å²) < 4.78 is 7.28. The molecule has 11 heteroatoms. The lowest BCUT2D eigenvalue weighted by Crippen LogP contribution is -2.35. The van der Waals surface area contributed by atoms with E-state index < -0.39 is 10.8 Å². The highest BCUT2D eigenvalue weighted by Gasteiger charge is 2.36. The SMILES string of the molecule is N=C1/C(=C/c2cn(Cc3ccccc3[N+](=O)[O-])c3ccccc23)C(=O)N=C2SC(c3ccco3)=NN12. The predicted octanol–water partition coefficient (Wildman–Crippen LogP) is 4.86. The summed E-state index contributed by atoms with van der Waals surface area (Å²) in [6.07, 6.45) is 4.97. The number of nitro benzene ring substituents is 1. The molecule has 2 aromatic carbocycles. The van der Waals surface area contributed by atoms with Crippen LogP contribution in [0.2, 0.25) is 0 Å². The zero-order valence-corrected chi connectivity index (χ0v) is 19.3. The molecule has 10 nitrogen and oxygen atoms in total. The molecule has 2 aliphatic heterocycles. The molecule has 4 heterocycles. The second-order valence-corrected chi connectivity index (χ2v) is 8.97. The van der Waals surface area contributed by atoms with Crippen LogP contribution in [0.4, 0.5) is 5.69 Å². The van der Waals surface area contributed by atoms with Crippen LogP contribution < -0.4 is 0 Å². The number of benzene rings is 2. The molecular weight excluding hydrogens is 480 g/mol. The molecule has 2 aromatic heterocycles. The van der Waals surface area contributed by atoms with E-state index in [9.17, 15) is 14.9 Å². The largest absolute Gasteiger partial charge is 0.462 e. The molecule has 0 spiro atoms. The molecule has 0 atom stereocenters. The molecule has 36 heavy (non-hydrogen) atoms. The van der Waals surface area contributed by atoms with Crippen LogP contribution in [0.3, 0.4) is 0 Å². The highest BCUT2D eigenvalue weighted by Crippen LogP contribution is 2.32. The van der Waals surface area contributed by atoms with E-state index >= 15 is 0 Å². The topological polar surface area (TPSA) is 130 Å². The number of hydrogen-bond acceptors (Lipinski definition) is 7. The zero-order chi connectivity index (χ0) is 24.8. The smallest absolute Gasteiger partial charge is 0.283 e. The van der Waals surface area contributed by atoms with Crippen molar-refractivity contribution in [2.75, 3.05) is 0 Å². The van der Waals surface area contributed by atoms with E-state index in [-0.39, 0.29) is 23.6 Å². The Morgan fingerprint density at radius 2 is 1.92 bits per heavy atom. The summed E-state index contributed by atoms with van der Waals surface area (Å²) in [5.41, 5.74) is 2.23. The lowest BCUT2D eigenvalue weighted by Gasteiger charge is -2.20. The Bertz CT molecular complexity index is 1660. The maximum absolute atomic E-state index is 12.9. The number of nitrogens with zero attached hydrogens (tertiary/aromatic N) is 5. The van der Waals surface area contributed by atoms with E-state index in [4.69, 9.17) is 9.83 Å². The van der Waals surface area contributed by atoms with E-state index in [1.54, 1.807) is 36.4 Å². The number of aromatic nitrogens is 1. The van der Waals surface area contributed by atoms with Gasteiger partial charge < -0.3 is 8.98 Å². The molecule has 6 rings (SSSR count). The highest BCUT2D eigenvalue weighted by atomic mass is 32.2. The number of fused-ring (bicyclic) bond motifs is 2.